The highest BCUT2D eigenvalue weighted by Crippen LogP contribution is 2.22. The van der Waals surface area contributed by atoms with E-state index in [0.717, 1.165) is 4.88 Å². The molecule has 0 spiro atoms. The minimum Gasteiger partial charge on any atom is -0.418 e. The molecule has 2 nitrogen and oxygen atoms in total. The lowest BCUT2D eigenvalue weighted by atomic mass is 10.5. The number of hydrogen-bond donors (Lipinski definition) is 0. The lowest BCUT2D eigenvalue weighted by Crippen LogP contribution is -1.82. The molecule has 0 aliphatic carbocycles. The summed E-state index contributed by atoms with van der Waals surface area (Å²) in [5, 5.41) is 0.655. The van der Waals surface area contributed by atoms with Gasteiger partial charge >= 0.3 is 0 Å². The fourth-order valence-electron chi connectivity index (χ4n) is 0.523. The third kappa shape index (κ3) is 1.54. The molecule has 1 aromatic heterocycles. The van der Waals surface area contributed by atoms with E-state index in [1.165, 1.54) is 11.3 Å². The molecule has 0 radical (unpaired) electrons. The van der Waals surface area contributed by atoms with Gasteiger partial charge in [-0.05, 0) is 19.1 Å². The smallest absolute Gasteiger partial charge is 0.299 e. The molecule has 1 rings (SSSR count). The van der Waals surface area contributed by atoms with Gasteiger partial charge in [0.2, 0.25) is 0 Å². The Kier molecular flexibility index (Phi) is 1.85. The molecular weight excluding hydrogens is 136 g/mol. The Balaban J connectivity index is 2.72. The van der Waals surface area contributed by atoms with Gasteiger partial charge in [0.15, 0.2) is 5.06 Å². The predicted octanol–water partition coefficient (Wildman–Crippen LogP) is 1.59. The van der Waals surface area contributed by atoms with Gasteiger partial charge in [-0.25, -0.2) is 0 Å². The predicted molar refractivity (Wildman–Crippen MR) is 35.7 cm³/mol. The van der Waals surface area contributed by atoms with E-state index >= 15 is 0 Å². The zero-order valence-corrected chi connectivity index (χ0v) is 5.77. The number of ether oxygens (including phenoxy) is 1. The lowest BCUT2D eigenvalue weighted by Gasteiger charge is -1.85. The summed E-state index contributed by atoms with van der Waals surface area (Å²) in [6.07, 6.45) is 0. The van der Waals surface area contributed by atoms with Gasteiger partial charge in [0.1, 0.15) is 0 Å². The van der Waals surface area contributed by atoms with Crippen LogP contribution in [0.25, 0.3) is 0 Å². The van der Waals surface area contributed by atoms with Crippen LogP contribution >= 0.6 is 11.3 Å². The normalized spacial score (nSPS) is 9.00. The molecule has 0 N–H and O–H groups in total. The van der Waals surface area contributed by atoms with E-state index < -0.39 is 0 Å². The number of aryl methyl sites for hydroxylation is 1. The van der Waals surface area contributed by atoms with E-state index in [2.05, 4.69) is 4.74 Å². The fraction of sp³-hybridized carbons (Fsp3) is 0.167. The van der Waals surface area contributed by atoms with Gasteiger partial charge in [0.25, 0.3) is 6.47 Å². The van der Waals surface area contributed by atoms with Gasteiger partial charge in [-0.3, -0.25) is 4.79 Å². The van der Waals surface area contributed by atoms with Crippen molar-refractivity contribution in [3.05, 3.63) is 17.0 Å². The minimum atomic E-state index is 0.436. The van der Waals surface area contributed by atoms with Crippen LogP contribution in [0.1, 0.15) is 4.88 Å². The molecule has 0 bridgehead atoms. The quantitative estimate of drug-likeness (QED) is 0.586. The van der Waals surface area contributed by atoms with Gasteiger partial charge in [0, 0.05) is 4.88 Å². The van der Waals surface area contributed by atoms with Crippen LogP contribution in [0.15, 0.2) is 12.1 Å². The van der Waals surface area contributed by atoms with Gasteiger partial charge < -0.3 is 4.74 Å². The Bertz CT molecular complexity index is 205. The summed E-state index contributed by atoms with van der Waals surface area (Å²) in [7, 11) is 0. The molecule has 1 heterocycles. The highest BCUT2D eigenvalue weighted by Gasteiger charge is 1.93. The molecule has 0 atom stereocenters. The maximum atomic E-state index is 9.77. The van der Waals surface area contributed by atoms with Crippen LogP contribution in [0.4, 0.5) is 0 Å². The Labute approximate surface area is 57.1 Å². The first-order valence-electron chi connectivity index (χ1n) is 2.49. The van der Waals surface area contributed by atoms with Crippen molar-refractivity contribution < 1.29 is 9.53 Å². The molecule has 0 aliphatic rings. The number of rotatable bonds is 2. The number of hydrogen-bond acceptors (Lipinski definition) is 3. The number of carbonyl (C=O) groups excluding carboxylic acids is 1. The monoisotopic (exact) mass is 142 g/mol. The molecule has 0 unspecified atom stereocenters. The van der Waals surface area contributed by atoms with Gasteiger partial charge in [0.05, 0.1) is 0 Å². The van der Waals surface area contributed by atoms with Gasteiger partial charge in [-0.1, -0.05) is 0 Å². The molecule has 0 aromatic carbocycles. The summed E-state index contributed by atoms with van der Waals surface area (Å²) < 4.78 is 4.56. The van der Waals surface area contributed by atoms with Crippen molar-refractivity contribution in [2.24, 2.45) is 0 Å². The minimum absolute atomic E-state index is 0.436. The molecule has 9 heavy (non-hydrogen) atoms. The number of carbonyl (C=O) groups is 1. The standard InChI is InChI=1S/C6H6O2S/c1-5-2-3-6(9-5)8-4-7/h2-4H,1H3. The first kappa shape index (κ1) is 6.29. The molecule has 1 aromatic rings. The fourth-order valence-corrected chi connectivity index (χ4v) is 1.20. The zero-order valence-electron chi connectivity index (χ0n) is 4.96. The summed E-state index contributed by atoms with van der Waals surface area (Å²) in [5.41, 5.74) is 0. The summed E-state index contributed by atoms with van der Waals surface area (Å²) in [6.45, 7) is 2.40. The van der Waals surface area contributed by atoms with E-state index in [4.69, 9.17) is 0 Å². The van der Waals surface area contributed by atoms with Crippen LogP contribution in [0.2, 0.25) is 0 Å². The second-order valence-corrected chi connectivity index (χ2v) is 2.83. The molecule has 0 amide bonds. The molecule has 0 aliphatic heterocycles. The Hall–Kier alpha value is -0.830. The lowest BCUT2D eigenvalue weighted by molar-refractivity contribution is -0.120. The van der Waals surface area contributed by atoms with Crippen molar-refractivity contribution in [3.8, 4) is 5.06 Å². The number of thiophene rings is 1. The van der Waals surface area contributed by atoms with Crippen molar-refractivity contribution >= 4 is 17.8 Å². The second kappa shape index (κ2) is 2.64. The molecule has 3 heteroatoms. The second-order valence-electron chi connectivity index (χ2n) is 1.58. The van der Waals surface area contributed by atoms with Crippen LogP contribution in [0.3, 0.4) is 0 Å². The highest BCUT2D eigenvalue weighted by molar-refractivity contribution is 7.13. The van der Waals surface area contributed by atoms with E-state index in [9.17, 15) is 4.79 Å². The van der Waals surface area contributed by atoms with Crippen molar-refractivity contribution in [2.45, 2.75) is 6.92 Å². The maximum Gasteiger partial charge on any atom is 0.299 e. The first-order chi connectivity index (χ1) is 4.33. The SMILES string of the molecule is Cc1ccc(OC=O)s1. The molecule has 0 saturated heterocycles. The maximum absolute atomic E-state index is 9.77. The van der Waals surface area contributed by atoms with Crippen molar-refractivity contribution in [3.63, 3.8) is 0 Å². The third-order valence-corrected chi connectivity index (χ3v) is 1.77. The van der Waals surface area contributed by atoms with Crippen LogP contribution < -0.4 is 4.74 Å². The summed E-state index contributed by atoms with van der Waals surface area (Å²) in [6, 6.07) is 3.68. The largest absolute Gasteiger partial charge is 0.418 e. The van der Waals surface area contributed by atoms with E-state index in [0.29, 0.717) is 11.5 Å². The molecule has 48 valence electrons. The van der Waals surface area contributed by atoms with E-state index in [1.54, 1.807) is 6.07 Å². The van der Waals surface area contributed by atoms with Crippen molar-refractivity contribution in [1.82, 2.24) is 0 Å². The summed E-state index contributed by atoms with van der Waals surface area (Å²) in [4.78, 5) is 10.9. The Morgan fingerprint density at radius 3 is 2.89 bits per heavy atom. The molecular formula is C6H6O2S. The highest BCUT2D eigenvalue weighted by atomic mass is 32.1. The Morgan fingerprint density at radius 2 is 2.44 bits per heavy atom. The van der Waals surface area contributed by atoms with Crippen molar-refractivity contribution in [1.29, 1.82) is 0 Å². The van der Waals surface area contributed by atoms with Crippen LogP contribution in [-0.4, -0.2) is 6.47 Å². The van der Waals surface area contributed by atoms with E-state index in [-0.39, 0.29) is 0 Å². The summed E-state index contributed by atoms with van der Waals surface area (Å²) in [5.74, 6) is 0. The first-order valence-corrected chi connectivity index (χ1v) is 3.31. The average molecular weight is 142 g/mol. The van der Waals surface area contributed by atoms with Crippen molar-refractivity contribution in [2.75, 3.05) is 0 Å². The molecule has 0 saturated carbocycles. The van der Waals surface area contributed by atoms with E-state index in [1.807, 2.05) is 13.0 Å². The molecule has 0 fully saturated rings. The van der Waals surface area contributed by atoms with Crippen LogP contribution in [-0.2, 0) is 4.79 Å². The zero-order chi connectivity index (χ0) is 6.69. The third-order valence-electron chi connectivity index (χ3n) is 0.880. The van der Waals surface area contributed by atoms with Gasteiger partial charge in [-0.15, -0.1) is 11.3 Å². The average Bonchev–Trinajstić information content (AvgIpc) is 2.17. The van der Waals surface area contributed by atoms with Gasteiger partial charge in [-0.2, -0.15) is 0 Å². The summed E-state index contributed by atoms with van der Waals surface area (Å²) >= 11 is 1.46. The van der Waals surface area contributed by atoms with Crippen LogP contribution in [0.5, 0.6) is 5.06 Å². The Morgan fingerprint density at radius 1 is 1.67 bits per heavy atom. The topological polar surface area (TPSA) is 26.3 Å². The van der Waals surface area contributed by atoms with Crippen LogP contribution in [0, 0.1) is 6.92 Å².